The van der Waals surface area contributed by atoms with Gasteiger partial charge < -0.3 is 10.6 Å². The van der Waals surface area contributed by atoms with Gasteiger partial charge in [-0.1, -0.05) is 0 Å². The van der Waals surface area contributed by atoms with Gasteiger partial charge in [-0.15, -0.1) is 0 Å². The highest BCUT2D eigenvalue weighted by Crippen LogP contribution is 2.32. The van der Waals surface area contributed by atoms with Crippen LogP contribution in [0.1, 0.15) is 32.6 Å². The van der Waals surface area contributed by atoms with Gasteiger partial charge in [0.1, 0.15) is 0 Å². The van der Waals surface area contributed by atoms with Crippen LogP contribution in [0, 0.1) is 11.8 Å². The molecule has 1 saturated carbocycles. The average molecular weight is 182 g/mol. The van der Waals surface area contributed by atoms with E-state index in [1.54, 1.807) is 0 Å². The van der Waals surface area contributed by atoms with Crippen molar-refractivity contribution in [3.63, 3.8) is 0 Å². The summed E-state index contributed by atoms with van der Waals surface area (Å²) in [5.41, 5.74) is 0. The van der Waals surface area contributed by atoms with E-state index in [2.05, 4.69) is 17.6 Å². The minimum Gasteiger partial charge on any atom is -0.316 e. The Bertz CT molecular complexity index is 148. The quantitative estimate of drug-likeness (QED) is 0.686. The van der Waals surface area contributed by atoms with Gasteiger partial charge in [0, 0.05) is 6.04 Å². The molecule has 1 heterocycles. The summed E-state index contributed by atoms with van der Waals surface area (Å²) in [5, 5.41) is 7.14. The molecule has 0 amide bonds. The fraction of sp³-hybridized carbons (Fsp3) is 1.00. The molecule has 0 radical (unpaired) electrons. The molecule has 1 saturated heterocycles. The fourth-order valence-electron chi connectivity index (χ4n) is 2.21. The molecule has 2 rings (SSSR count). The second-order valence-corrected chi connectivity index (χ2v) is 4.75. The highest BCUT2D eigenvalue weighted by Gasteiger charge is 2.27. The number of piperidine rings is 1. The van der Waals surface area contributed by atoms with Crippen LogP contribution in [0.3, 0.4) is 0 Å². The van der Waals surface area contributed by atoms with Crippen LogP contribution in [0.25, 0.3) is 0 Å². The minimum absolute atomic E-state index is 0.766. The van der Waals surface area contributed by atoms with Gasteiger partial charge in [-0.2, -0.15) is 0 Å². The predicted molar refractivity (Wildman–Crippen MR) is 55.8 cm³/mol. The molecule has 1 aliphatic carbocycles. The Morgan fingerprint density at radius 2 is 2.23 bits per heavy atom. The summed E-state index contributed by atoms with van der Waals surface area (Å²) in [6.45, 7) is 6.03. The van der Waals surface area contributed by atoms with E-state index in [-0.39, 0.29) is 0 Å². The zero-order chi connectivity index (χ0) is 9.10. The summed E-state index contributed by atoms with van der Waals surface area (Å²) in [7, 11) is 0. The zero-order valence-corrected chi connectivity index (χ0v) is 8.68. The summed E-state index contributed by atoms with van der Waals surface area (Å²) < 4.78 is 0. The van der Waals surface area contributed by atoms with E-state index >= 15 is 0 Å². The van der Waals surface area contributed by atoms with Crippen molar-refractivity contribution >= 4 is 0 Å². The first-order chi connectivity index (χ1) is 6.36. The van der Waals surface area contributed by atoms with Crippen LogP contribution in [0.15, 0.2) is 0 Å². The Hall–Kier alpha value is -0.0800. The lowest BCUT2D eigenvalue weighted by Gasteiger charge is -2.24. The summed E-state index contributed by atoms with van der Waals surface area (Å²) in [6.07, 6.45) is 5.69. The normalized spacial score (nSPS) is 31.6. The Balaban J connectivity index is 1.60. The van der Waals surface area contributed by atoms with E-state index in [9.17, 15) is 0 Å². The Kier molecular flexibility index (Phi) is 3.23. The molecule has 2 N–H and O–H groups in total. The molecule has 2 unspecified atom stereocenters. The Morgan fingerprint density at radius 1 is 1.38 bits per heavy atom. The van der Waals surface area contributed by atoms with Gasteiger partial charge in [-0.25, -0.2) is 0 Å². The molecule has 2 atom stereocenters. The smallest absolute Gasteiger partial charge is 0.00671 e. The largest absolute Gasteiger partial charge is 0.316 e. The van der Waals surface area contributed by atoms with Crippen molar-refractivity contribution in [2.75, 3.05) is 19.6 Å². The maximum absolute atomic E-state index is 3.67. The van der Waals surface area contributed by atoms with Gasteiger partial charge in [0.25, 0.3) is 0 Å². The third kappa shape index (κ3) is 2.96. The molecule has 2 aliphatic rings. The van der Waals surface area contributed by atoms with Crippen molar-refractivity contribution in [1.82, 2.24) is 10.6 Å². The fourth-order valence-corrected chi connectivity index (χ4v) is 2.21. The van der Waals surface area contributed by atoms with E-state index in [0.29, 0.717) is 0 Å². The average Bonchev–Trinajstić information content (AvgIpc) is 2.99. The van der Waals surface area contributed by atoms with Crippen molar-refractivity contribution in [2.24, 2.45) is 11.8 Å². The molecule has 2 fully saturated rings. The summed E-state index contributed by atoms with van der Waals surface area (Å²) >= 11 is 0. The van der Waals surface area contributed by atoms with Crippen LogP contribution in [0.4, 0.5) is 0 Å². The van der Waals surface area contributed by atoms with Gasteiger partial charge in [0.2, 0.25) is 0 Å². The molecule has 1 aliphatic heterocycles. The van der Waals surface area contributed by atoms with Crippen molar-refractivity contribution in [3.8, 4) is 0 Å². The van der Waals surface area contributed by atoms with Gasteiger partial charge in [0.05, 0.1) is 0 Å². The SMILES string of the molecule is CC(NCC1CCCNC1)C1CC1. The molecule has 0 spiro atoms. The molecule has 2 nitrogen and oxygen atoms in total. The maximum Gasteiger partial charge on any atom is 0.00671 e. The summed E-state index contributed by atoms with van der Waals surface area (Å²) in [6, 6.07) is 0.766. The van der Waals surface area contributed by atoms with Crippen LogP contribution in [0.2, 0.25) is 0 Å². The second kappa shape index (κ2) is 4.43. The topological polar surface area (TPSA) is 24.1 Å². The molecular weight excluding hydrogens is 160 g/mol. The number of hydrogen-bond donors (Lipinski definition) is 2. The van der Waals surface area contributed by atoms with Gasteiger partial charge in [0.15, 0.2) is 0 Å². The van der Waals surface area contributed by atoms with E-state index in [0.717, 1.165) is 17.9 Å². The first kappa shape index (κ1) is 9.47. The summed E-state index contributed by atoms with van der Waals surface area (Å²) in [4.78, 5) is 0. The van der Waals surface area contributed by atoms with Crippen molar-refractivity contribution in [1.29, 1.82) is 0 Å². The second-order valence-electron chi connectivity index (χ2n) is 4.75. The van der Waals surface area contributed by atoms with Crippen LogP contribution < -0.4 is 10.6 Å². The molecule has 2 heteroatoms. The number of hydrogen-bond acceptors (Lipinski definition) is 2. The molecule has 76 valence electrons. The van der Waals surface area contributed by atoms with Crippen LogP contribution in [-0.2, 0) is 0 Å². The highest BCUT2D eigenvalue weighted by atomic mass is 14.9. The Labute approximate surface area is 81.5 Å². The van der Waals surface area contributed by atoms with E-state index in [1.165, 1.54) is 45.3 Å². The van der Waals surface area contributed by atoms with Crippen LogP contribution >= 0.6 is 0 Å². The van der Waals surface area contributed by atoms with E-state index < -0.39 is 0 Å². The Morgan fingerprint density at radius 3 is 2.85 bits per heavy atom. The van der Waals surface area contributed by atoms with E-state index in [4.69, 9.17) is 0 Å². The molecule has 0 aromatic heterocycles. The first-order valence-electron chi connectivity index (χ1n) is 5.80. The van der Waals surface area contributed by atoms with Crippen LogP contribution in [0.5, 0.6) is 0 Å². The molecule has 0 aromatic rings. The van der Waals surface area contributed by atoms with E-state index in [1.807, 2.05) is 0 Å². The highest BCUT2D eigenvalue weighted by molar-refractivity contribution is 4.84. The van der Waals surface area contributed by atoms with Crippen molar-refractivity contribution in [2.45, 2.75) is 38.6 Å². The lowest BCUT2D eigenvalue weighted by atomic mass is 9.99. The van der Waals surface area contributed by atoms with Gasteiger partial charge in [-0.3, -0.25) is 0 Å². The van der Waals surface area contributed by atoms with Gasteiger partial charge in [-0.05, 0) is 64.1 Å². The molecule has 13 heavy (non-hydrogen) atoms. The molecular formula is C11H22N2. The predicted octanol–water partition coefficient (Wildman–Crippen LogP) is 1.37. The first-order valence-corrected chi connectivity index (χ1v) is 5.80. The third-order valence-corrected chi connectivity index (χ3v) is 3.46. The number of rotatable bonds is 4. The van der Waals surface area contributed by atoms with Crippen molar-refractivity contribution in [3.05, 3.63) is 0 Å². The van der Waals surface area contributed by atoms with Crippen LogP contribution in [-0.4, -0.2) is 25.7 Å². The van der Waals surface area contributed by atoms with Crippen molar-refractivity contribution < 1.29 is 0 Å². The molecule has 0 bridgehead atoms. The zero-order valence-electron chi connectivity index (χ0n) is 8.68. The third-order valence-electron chi connectivity index (χ3n) is 3.46. The lowest BCUT2D eigenvalue weighted by Crippen LogP contribution is -2.39. The molecule has 0 aromatic carbocycles. The lowest BCUT2D eigenvalue weighted by molar-refractivity contribution is 0.339. The maximum atomic E-state index is 3.67. The minimum atomic E-state index is 0.766. The van der Waals surface area contributed by atoms with Gasteiger partial charge >= 0.3 is 0 Å². The number of nitrogens with one attached hydrogen (secondary N) is 2. The standard InChI is InChI=1S/C11H22N2/c1-9(11-4-5-11)13-8-10-3-2-6-12-7-10/h9-13H,2-8H2,1H3. The monoisotopic (exact) mass is 182 g/mol. The summed E-state index contributed by atoms with van der Waals surface area (Å²) in [5.74, 6) is 1.88.